The molecule has 0 fully saturated rings. The molecule has 110 valence electrons. The molecule has 3 aromatic rings. The molecule has 0 amide bonds. The Hall–Kier alpha value is -2.45. The van der Waals surface area contributed by atoms with Crippen LogP contribution in [-0.2, 0) is 6.61 Å². The van der Waals surface area contributed by atoms with Crippen LogP contribution in [0, 0.1) is 0 Å². The van der Waals surface area contributed by atoms with E-state index in [1.807, 2.05) is 72.8 Å². The van der Waals surface area contributed by atoms with E-state index in [9.17, 15) is 0 Å². The molecule has 0 saturated carbocycles. The molecule has 0 radical (unpaired) electrons. The largest absolute Gasteiger partial charge is 0.488 e. The van der Waals surface area contributed by atoms with Gasteiger partial charge in [-0.05, 0) is 41.5 Å². The van der Waals surface area contributed by atoms with Crippen molar-refractivity contribution in [3.05, 3.63) is 83.4 Å². The van der Waals surface area contributed by atoms with Crippen LogP contribution in [-0.4, -0.2) is 0 Å². The average Bonchev–Trinajstić information content (AvgIpc) is 2.54. The Morgan fingerprint density at radius 1 is 0.864 bits per heavy atom. The van der Waals surface area contributed by atoms with Crippen molar-refractivity contribution in [2.45, 2.75) is 6.61 Å². The summed E-state index contributed by atoms with van der Waals surface area (Å²) in [6.07, 6.45) is 0. The molecule has 2 nitrogen and oxygen atoms in total. The highest BCUT2D eigenvalue weighted by Gasteiger charge is 2.08. The molecule has 2 N–H and O–H groups in total. The number of hydrogen-bond acceptors (Lipinski definition) is 2. The van der Waals surface area contributed by atoms with E-state index < -0.39 is 0 Å². The Labute approximate surface area is 135 Å². The van der Waals surface area contributed by atoms with Gasteiger partial charge >= 0.3 is 0 Å². The van der Waals surface area contributed by atoms with E-state index in [1.54, 1.807) is 0 Å². The number of nitrogen functional groups attached to an aromatic ring is 1. The number of benzene rings is 3. The molecule has 3 aromatic carbocycles. The van der Waals surface area contributed by atoms with Crippen LogP contribution in [0.15, 0.2) is 72.8 Å². The Morgan fingerprint density at radius 2 is 1.68 bits per heavy atom. The lowest BCUT2D eigenvalue weighted by Gasteiger charge is -2.13. The predicted octanol–water partition coefficient (Wildman–Crippen LogP) is 5.17. The van der Waals surface area contributed by atoms with Gasteiger partial charge in [-0.25, -0.2) is 0 Å². The maximum Gasteiger partial charge on any atom is 0.127 e. The molecular weight excluding hydrogens is 294 g/mol. The highest BCUT2D eigenvalue weighted by atomic mass is 35.5. The molecule has 0 aliphatic rings. The van der Waals surface area contributed by atoms with Crippen LogP contribution < -0.4 is 10.5 Å². The molecule has 0 aliphatic carbocycles. The van der Waals surface area contributed by atoms with Crippen molar-refractivity contribution >= 4 is 17.3 Å². The Bertz CT molecular complexity index is 771. The molecular formula is C19H16ClNO. The normalized spacial score (nSPS) is 10.4. The van der Waals surface area contributed by atoms with E-state index in [-0.39, 0.29) is 0 Å². The van der Waals surface area contributed by atoms with Gasteiger partial charge in [-0.2, -0.15) is 0 Å². The fourth-order valence-corrected chi connectivity index (χ4v) is 2.48. The maximum atomic E-state index is 6.09. The Balaban J connectivity index is 1.91. The van der Waals surface area contributed by atoms with Gasteiger partial charge < -0.3 is 10.5 Å². The molecule has 3 rings (SSSR count). The third-order valence-corrected chi connectivity index (χ3v) is 3.61. The summed E-state index contributed by atoms with van der Waals surface area (Å²) in [5, 5.41) is 0.689. The van der Waals surface area contributed by atoms with Crippen molar-refractivity contribution < 1.29 is 4.74 Å². The predicted molar refractivity (Wildman–Crippen MR) is 92.1 cm³/mol. The number of anilines is 1. The fraction of sp³-hybridized carbons (Fsp3) is 0.0526. The molecule has 0 aromatic heterocycles. The summed E-state index contributed by atoms with van der Waals surface area (Å²) in [6.45, 7) is 0.512. The fourth-order valence-electron chi connectivity index (χ4n) is 2.29. The van der Waals surface area contributed by atoms with E-state index in [1.165, 1.54) is 0 Å². The molecule has 0 aliphatic heterocycles. The van der Waals surface area contributed by atoms with Gasteiger partial charge in [0.25, 0.3) is 0 Å². The molecule has 0 atom stereocenters. The van der Waals surface area contributed by atoms with Crippen molar-refractivity contribution in [3.8, 4) is 16.9 Å². The average molecular weight is 310 g/mol. The zero-order valence-corrected chi connectivity index (χ0v) is 12.8. The second-order valence-corrected chi connectivity index (χ2v) is 5.48. The third kappa shape index (κ3) is 3.41. The minimum atomic E-state index is 0.512. The van der Waals surface area contributed by atoms with Crippen LogP contribution in [0.25, 0.3) is 11.1 Å². The summed E-state index contributed by atoms with van der Waals surface area (Å²) in [7, 11) is 0. The van der Waals surface area contributed by atoms with Gasteiger partial charge in [-0.3, -0.25) is 0 Å². The molecule has 22 heavy (non-hydrogen) atoms. The van der Waals surface area contributed by atoms with Crippen LogP contribution in [0.3, 0.4) is 0 Å². The maximum absolute atomic E-state index is 6.09. The molecule has 0 bridgehead atoms. The number of hydrogen-bond donors (Lipinski definition) is 1. The van der Waals surface area contributed by atoms with Crippen molar-refractivity contribution in [1.29, 1.82) is 0 Å². The van der Waals surface area contributed by atoms with Crippen molar-refractivity contribution in [2.75, 3.05) is 5.73 Å². The SMILES string of the molecule is Nc1ccc(OCc2ccccc2)c(-c2cccc(Cl)c2)c1. The quantitative estimate of drug-likeness (QED) is 0.675. The smallest absolute Gasteiger partial charge is 0.127 e. The minimum absolute atomic E-state index is 0.512. The van der Waals surface area contributed by atoms with E-state index in [4.69, 9.17) is 22.1 Å². The lowest BCUT2D eigenvalue weighted by molar-refractivity contribution is 0.307. The van der Waals surface area contributed by atoms with Crippen LogP contribution in [0.1, 0.15) is 5.56 Å². The Kier molecular flexibility index (Phi) is 4.31. The minimum Gasteiger partial charge on any atom is -0.488 e. The van der Waals surface area contributed by atoms with Gasteiger partial charge in [-0.15, -0.1) is 0 Å². The van der Waals surface area contributed by atoms with E-state index >= 15 is 0 Å². The van der Waals surface area contributed by atoms with Gasteiger partial charge in [0.15, 0.2) is 0 Å². The summed E-state index contributed by atoms with van der Waals surface area (Å²) in [5.74, 6) is 0.792. The monoisotopic (exact) mass is 309 g/mol. The molecule has 3 heteroatoms. The van der Waals surface area contributed by atoms with E-state index in [2.05, 4.69) is 0 Å². The molecule has 0 unspecified atom stereocenters. The van der Waals surface area contributed by atoms with Crippen LogP contribution in [0.4, 0.5) is 5.69 Å². The van der Waals surface area contributed by atoms with Gasteiger partial charge in [0.1, 0.15) is 12.4 Å². The summed E-state index contributed by atoms with van der Waals surface area (Å²) < 4.78 is 5.97. The van der Waals surface area contributed by atoms with Crippen molar-refractivity contribution in [2.24, 2.45) is 0 Å². The van der Waals surface area contributed by atoms with E-state index in [0.29, 0.717) is 17.3 Å². The van der Waals surface area contributed by atoms with Crippen molar-refractivity contribution in [1.82, 2.24) is 0 Å². The van der Waals surface area contributed by atoms with Gasteiger partial charge in [-0.1, -0.05) is 54.1 Å². The summed E-state index contributed by atoms with van der Waals surface area (Å²) in [5.41, 5.74) is 9.67. The van der Waals surface area contributed by atoms with Gasteiger partial charge in [0.05, 0.1) is 0 Å². The number of ether oxygens (including phenoxy) is 1. The lowest BCUT2D eigenvalue weighted by atomic mass is 10.0. The lowest BCUT2D eigenvalue weighted by Crippen LogP contribution is -1.98. The summed E-state index contributed by atoms with van der Waals surface area (Å²) in [6, 6.07) is 23.4. The van der Waals surface area contributed by atoms with Crippen LogP contribution >= 0.6 is 11.6 Å². The highest BCUT2D eigenvalue weighted by molar-refractivity contribution is 6.30. The first-order valence-electron chi connectivity index (χ1n) is 7.04. The standard InChI is InChI=1S/C19H16ClNO/c20-16-8-4-7-15(11-16)18-12-17(21)9-10-19(18)22-13-14-5-2-1-3-6-14/h1-12H,13,21H2. The number of rotatable bonds is 4. The first-order chi connectivity index (χ1) is 10.7. The highest BCUT2D eigenvalue weighted by Crippen LogP contribution is 2.33. The molecule has 0 saturated heterocycles. The van der Waals surface area contributed by atoms with Crippen LogP contribution in [0.2, 0.25) is 5.02 Å². The second kappa shape index (κ2) is 6.54. The van der Waals surface area contributed by atoms with Gasteiger partial charge in [0, 0.05) is 16.3 Å². The second-order valence-electron chi connectivity index (χ2n) is 5.04. The number of nitrogens with two attached hydrogens (primary N) is 1. The number of halogens is 1. The Morgan fingerprint density at radius 3 is 2.45 bits per heavy atom. The third-order valence-electron chi connectivity index (χ3n) is 3.38. The topological polar surface area (TPSA) is 35.2 Å². The summed E-state index contributed by atoms with van der Waals surface area (Å²) in [4.78, 5) is 0. The first kappa shape index (κ1) is 14.5. The zero-order chi connectivity index (χ0) is 15.4. The summed E-state index contributed by atoms with van der Waals surface area (Å²) >= 11 is 6.09. The van der Waals surface area contributed by atoms with Gasteiger partial charge in [0.2, 0.25) is 0 Å². The zero-order valence-electron chi connectivity index (χ0n) is 12.0. The molecule has 0 spiro atoms. The van der Waals surface area contributed by atoms with E-state index in [0.717, 1.165) is 22.4 Å². The molecule has 0 heterocycles. The first-order valence-corrected chi connectivity index (χ1v) is 7.42. The van der Waals surface area contributed by atoms with Crippen molar-refractivity contribution in [3.63, 3.8) is 0 Å². The van der Waals surface area contributed by atoms with Crippen LogP contribution in [0.5, 0.6) is 5.75 Å².